The van der Waals surface area contributed by atoms with Gasteiger partial charge in [-0.05, 0) is 18.2 Å². The van der Waals surface area contributed by atoms with Crippen molar-refractivity contribution < 1.29 is 18.0 Å². The predicted molar refractivity (Wildman–Crippen MR) is 109 cm³/mol. The third kappa shape index (κ3) is 3.43. The number of aromatic nitrogens is 5. The fourth-order valence-electron chi connectivity index (χ4n) is 2.93. The van der Waals surface area contributed by atoms with Gasteiger partial charge in [0.05, 0.1) is 23.1 Å². The number of carbonyl (C=O) groups excluding carboxylic acids is 1. The van der Waals surface area contributed by atoms with E-state index in [1.165, 1.54) is 10.7 Å². The van der Waals surface area contributed by atoms with Crippen molar-refractivity contribution in [3.05, 3.63) is 54.0 Å². The SMILES string of the molecule is [2H]C([2H])([2H])OC(=O)Nc1c(N)nc(-c2nn(Cc3ccccc3F)c3ncccc23)nc1N. The Labute approximate surface area is 173 Å². The Hall–Kier alpha value is -4.28. The zero-order valence-corrected chi connectivity index (χ0v) is 15.3. The second kappa shape index (κ2) is 7.62. The summed E-state index contributed by atoms with van der Waals surface area (Å²) in [5.41, 5.74) is 12.8. The molecule has 0 aliphatic carbocycles. The number of rotatable bonds is 4. The molecule has 0 spiro atoms. The van der Waals surface area contributed by atoms with Crippen LogP contribution in [0.5, 0.6) is 0 Å². The number of methoxy groups -OCH3 is 1. The van der Waals surface area contributed by atoms with Crippen LogP contribution in [0.3, 0.4) is 0 Å². The number of hydrogen-bond donors (Lipinski definition) is 3. The van der Waals surface area contributed by atoms with E-state index in [0.717, 1.165) is 0 Å². The van der Waals surface area contributed by atoms with E-state index in [1.807, 2.05) is 0 Å². The summed E-state index contributed by atoms with van der Waals surface area (Å²) < 4.78 is 40.8. The Morgan fingerprint density at radius 1 is 1.23 bits per heavy atom. The van der Waals surface area contributed by atoms with Crippen LogP contribution in [-0.2, 0) is 11.3 Å². The first kappa shape index (κ1) is 15.6. The summed E-state index contributed by atoms with van der Waals surface area (Å²) in [6.45, 7) is 0.103. The lowest BCUT2D eigenvalue weighted by Gasteiger charge is -2.10. The number of halogens is 1. The van der Waals surface area contributed by atoms with Gasteiger partial charge in [0.15, 0.2) is 23.1 Å². The Morgan fingerprint density at radius 2 is 2.00 bits per heavy atom. The third-order valence-corrected chi connectivity index (χ3v) is 4.28. The number of nitrogens with two attached hydrogens (primary N) is 2. The van der Waals surface area contributed by atoms with Crippen molar-refractivity contribution in [1.82, 2.24) is 24.7 Å². The number of nitrogen functional groups attached to an aromatic ring is 2. The molecule has 3 aromatic heterocycles. The summed E-state index contributed by atoms with van der Waals surface area (Å²) in [6, 6.07) is 9.71. The maximum absolute atomic E-state index is 14.2. The van der Waals surface area contributed by atoms with Gasteiger partial charge in [0.25, 0.3) is 0 Å². The second-order valence-corrected chi connectivity index (χ2v) is 6.18. The Kier molecular flexibility index (Phi) is 3.97. The number of fused-ring (bicyclic) bond motifs is 1. The highest BCUT2D eigenvalue weighted by molar-refractivity contribution is 5.94. The van der Waals surface area contributed by atoms with Crippen molar-refractivity contribution in [2.45, 2.75) is 6.54 Å². The van der Waals surface area contributed by atoms with Gasteiger partial charge >= 0.3 is 6.09 Å². The van der Waals surface area contributed by atoms with Crippen LogP contribution < -0.4 is 16.8 Å². The number of pyridine rings is 1. The summed E-state index contributed by atoms with van der Waals surface area (Å²) in [6.07, 6.45) is 0.271. The molecule has 0 saturated carbocycles. The number of nitrogens with zero attached hydrogens (tertiary/aromatic N) is 5. The van der Waals surface area contributed by atoms with Crippen molar-refractivity contribution >= 4 is 34.4 Å². The summed E-state index contributed by atoms with van der Waals surface area (Å²) in [4.78, 5) is 24.4. The molecule has 0 aliphatic heterocycles. The summed E-state index contributed by atoms with van der Waals surface area (Å²) >= 11 is 0. The fourth-order valence-corrected chi connectivity index (χ4v) is 2.93. The third-order valence-electron chi connectivity index (χ3n) is 4.28. The van der Waals surface area contributed by atoms with Gasteiger partial charge in [-0.2, -0.15) is 5.10 Å². The molecule has 4 aromatic rings. The van der Waals surface area contributed by atoms with E-state index in [4.69, 9.17) is 15.6 Å². The first-order valence-electron chi connectivity index (χ1n) is 10.1. The fraction of sp³-hybridized carbons (Fsp3) is 0.105. The highest BCUT2D eigenvalue weighted by Crippen LogP contribution is 2.30. The van der Waals surface area contributed by atoms with Crippen LogP contribution >= 0.6 is 0 Å². The molecular weight excluding hydrogens is 391 g/mol. The van der Waals surface area contributed by atoms with Crippen molar-refractivity contribution in [3.8, 4) is 11.5 Å². The van der Waals surface area contributed by atoms with Crippen molar-refractivity contribution in [2.75, 3.05) is 23.8 Å². The molecule has 3 heterocycles. The van der Waals surface area contributed by atoms with Crippen molar-refractivity contribution in [1.29, 1.82) is 0 Å². The molecule has 30 heavy (non-hydrogen) atoms. The summed E-state index contributed by atoms with van der Waals surface area (Å²) in [5.74, 6) is -0.825. The van der Waals surface area contributed by atoms with Crippen LogP contribution in [0.25, 0.3) is 22.6 Å². The maximum Gasteiger partial charge on any atom is 0.411 e. The van der Waals surface area contributed by atoms with Gasteiger partial charge in [-0.1, -0.05) is 18.2 Å². The minimum Gasteiger partial charge on any atom is -0.453 e. The number of carbonyl (C=O) groups is 1. The molecule has 0 atom stereocenters. The highest BCUT2D eigenvalue weighted by atomic mass is 19.1. The normalized spacial score (nSPS) is 12.8. The van der Waals surface area contributed by atoms with E-state index in [0.29, 0.717) is 16.6 Å². The zero-order valence-electron chi connectivity index (χ0n) is 18.3. The quantitative estimate of drug-likeness (QED) is 0.464. The molecule has 0 saturated heterocycles. The average Bonchev–Trinajstić information content (AvgIpc) is 3.10. The molecule has 4 rings (SSSR count). The topological polar surface area (TPSA) is 147 Å². The first-order chi connectivity index (χ1) is 15.6. The standard InChI is InChI=1S/C19H17FN8O2/c1-30-19(29)24-14-15(21)25-17(26-16(14)22)13-11-6-4-8-23-18(11)28(27-13)9-10-5-2-3-7-12(10)20/h2-8H,9H2,1H3,(H,24,29)(H4,21,22,25,26)/i1D3. The van der Waals surface area contributed by atoms with Gasteiger partial charge in [-0.15, -0.1) is 0 Å². The molecule has 0 radical (unpaired) electrons. The molecular formula is C19H17FN8O2. The van der Waals surface area contributed by atoms with Crippen LogP contribution in [0.15, 0.2) is 42.6 Å². The predicted octanol–water partition coefficient (Wildman–Crippen LogP) is 2.42. The largest absolute Gasteiger partial charge is 0.453 e. The van der Waals surface area contributed by atoms with Gasteiger partial charge in [-0.3, -0.25) is 5.32 Å². The monoisotopic (exact) mass is 411 g/mol. The maximum atomic E-state index is 14.2. The van der Waals surface area contributed by atoms with Crippen LogP contribution in [0.1, 0.15) is 9.68 Å². The highest BCUT2D eigenvalue weighted by Gasteiger charge is 2.20. The molecule has 11 heteroatoms. The first-order valence-corrected chi connectivity index (χ1v) is 8.60. The number of nitrogens with one attached hydrogen (secondary N) is 1. The van der Waals surface area contributed by atoms with E-state index in [2.05, 4.69) is 30.1 Å². The van der Waals surface area contributed by atoms with Gasteiger partial charge < -0.3 is 16.2 Å². The van der Waals surface area contributed by atoms with E-state index < -0.39 is 13.1 Å². The molecule has 0 fully saturated rings. The molecule has 0 aliphatic rings. The van der Waals surface area contributed by atoms with E-state index in [-0.39, 0.29) is 41.2 Å². The molecule has 152 valence electrons. The minimum absolute atomic E-state index is 0.0324. The number of ether oxygens (including phenoxy) is 1. The van der Waals surface area contributed by atoms with Gasteiger partial charge in [0.1, 0.15) is 17.2 Å². The smallest absolute Gasteiger partial charge is 0.411 e. The second-order valence-electron chi connectivity index (χ2n) is 6.18. The van der Waals surface area contributed by atoms with Crippen LogP contribution in [0.2, 0.25) is 0 Å². The summed E-state index contributed by atoms with van der Waals surface area (Å²) in [7, 11) is -2.95. The van der Waals surface area contributed by atoms with Gasteiger partial charge in [-0.25, -0.2) is 28.8 Å². The molecule has 0 bridgehead atoms. The molecule has 1 aromatic carbocycles. The Bertz CT molecular complexity index is 1340. The molecule has 0 unspecified atom stereocenters. The molecule has 1 amide bonds. The van der Waals surface area contributed by atoms with Crippen LogP contribution in [0.4, 0.5) is 26.5 Å². The Balaban J connectivity index is 1.72. The van der Waals surface area contributed by atoms with Crippen molar-refractivity contribution in [3.63, 3.8) is 0 Å². The lowest BCUT2D eigenvalue weighted by atomic mass is 10.2. The Morgan fingerprint density at radius 3 is 2.73 bits per heavy atom. The number of benzene rings is 1. The molecule has 5 N–H and O–H groups in total. The summed E-state index contributed by atoms with van der Waals surface area (Å²) in [5, 5.41) is 7.17. The number of anilines is 3. The van der Waals surface area contributed by atoms with E-state index in [1.54, 1.807) is 36.5 Å². The van der Waals surface area contributed by atoms with E-state index >= 15 is 0 Å². The van der Waals surface area contributed by atoms with Gasteiger partial charge in [0, 0.05) is 11.8 Å². The van der Waals surface area contributed by atoms with E-state index in [9.17, 15) is 9.18 Å². The average molecular weight is 411 g/mol. The van der Waals surface area contributed by atoms with Crippen molar-refractivity contribution in [2.24, 2.45) is 0 Å². The number of amides is 1. The lowest BCUT2D eigenvalue weighted by molar-refractivity contribution is 0.187. The van der Waals surface area contributed by atoms with Crippen LogP contribution in [-0.4, -0.2) is 37.9 Å². The van der Waals surface area contributed by atoms with Gasteiger partial charge in [0.2, 0.25) is 0 Å². The zero-order chi connectivity index (χ0) is 23.8. The number of hydrogen-bond acceptors (Lipinski definition) is 8. The lowest BCUT2D eigenvalue weighted by Crippen LogP contribution is -2.16. The van der Waals surface area contributed by atoms with Crippen LogP contribution in [0, 0.1) is 5.82 Å². The molecule has 10 nitrogen and oxygen atoms in total. The minimum atomic E-state index is -2.95.